The van der Waals surface area contributed by atoms with Gasteiger partial charge < -0.3 is 15.5 Å². The lowest BCUT2D eigenvalue weighted by Crippen LogP contribution is -2.37. The van der Waals surface area contributed by atoms with Crippen LogP contribution in [0.2, 0.25) is 0 Å². The quantitative estimate of drug-likeness (QED) is 0.634. The summed E-state index contributed by atoms with van der Waals surface area (Å²) >= 11 is 0. The maximum Gasteiger partial charge on any atom is 0.166 e. The van der Waals surface area contributed by atoms with Gasteiger partial charge in [-0.2, -0.15) is 5.10 Å². The van der Waals surface area contributed by atoms with E-state index in [0.29, 0.717) is 11.4 Å². The van der Waals surface area contributed by atoms with Crippen molar-refractivity contribution < 1.29 is 0 Å². The minimum Gasteiger partial charge on any atom is -0.384 e. The fourth-order valence-electron chi connectivity index (χ4n) is 2.46. The molecule has 0 atom stereocenters. The van der Waals surface area contributed by atoms with Crippen LogP contribution in [0.1, 0.15) is 5.56 Å². The van der Waals surface area contributed by atoms with Gasteiger partial charge in [0.05, 0.1) is 23.1 Å². The number of nitrogen functional groups attached to an aromatic ring is 1. The first-order valence-electron chi connectivity index (χ1n) is 6.42. The summed E-state index contributed by atoms with van der Waals surface area (Å²) in [5, 5.41) is 15.8. The normalized spacial score (nSPS) is 14.1. The second-order valence-corrected chi connectivity index (χ2v) is 4.74. The van der Waals surface area contributed by atoms with Crippen LogP contribution >= 0.6 is 0 Å². The summed E-state index contributed by atoms with van der Waals surface area (Å²) < 4.78 is 0. The number of likely N-dealkylation sites (N-methyl/N-ethyl adjacent to an activating group) is 1. The number of nitrogens with zero attached hydrogens (tertiary/aromatic N) is 4. The lowest BCUT2D eigenvalue weighted by atomic mass is 10.1. The zero-order chi connectivity index (χ0) is 14.1. The monoisotopic (exact) mass is 268 g/mol. The predicted octanol–water partition coefficient (Wildman–Crippen LogP) is 1.35. The molecule has 1 aromatic heterocycles. The van der Waals surface area contributed by atoms with Crippen molar-refractivity contribution >= 4 is 23.0 Å². The molecule has 0 spiro atoms. The Labute approximate surface area is 117 Å². The molecule has 6 heteroatoms. The van der Waals surface area contributed by atoms with Gasteiger partial charge in [0, 0.05) is 20.1 Å². The summed E-state index contributed by atoms with van der Waals surface area (Å²) in [7, 11) is 2.07. The van der Waals surface area contributed by atoms with Crippen molar-refractivity contribution in [3.05, 3.63) is 42.1 Å². The maximum absolute atomic E-state index is 7.69. The SMILES string of the molecule is CN1CCN(c2nnccc2C(=N)N)c2ccccc21. The van der Waals surface area contributed by atoms with E-state index in [-0.39, 0.29) is 5.84 Å². The molecular formula is C14H16N6. The van der Waals surface area contributed by atoms with Gasteiger partial charge in [0.25, 0.3) is 0 Å². The van der Waals surface area contributed by atoms with Crippen molar-refractivity contribution in [3.63, 3.8) is 0 Å². The van der Waals surface area contributed by atoms with Gasteiger partial charge >= 0.3 is 0 Å². The molecule has 3 N–H and O–H groups in total. The number of benzene rings is 1. The van der Waals surface area contributed by atoms with Crippen molar-refractivity contribution in [2.24, 2.45) is 5.73 Å². The van der Waals surface area contributed by atoms with Crippen molar-refractivity contribution in [2.75, 3.05) is 29.9 Å². The van der Waals surface area contributed by atoms with Crippen LogP contribution in [-0.2, 0) is 0 Å². The molecule has 6 nitrogen and oxygen atoms in total. The largest absolute Gasteiger partial charge is 0.384 e. The Kier molecular flexibility index (Phi) is 2.98. The molecule has 1 aliphatic rings. The van der Waals surface area contributed by atoms with E-state index in [1.54, 1.807) is 12.3 Å². The van der Waals surface area contributed by atoms with Crippen molar-refractivity contribution in [2.45, 2.75) is 0 Å². The number of anilines is 3. The van der Waals surface area contributed by atoms with Crippen molar-refractivity contribution in [1.29, 1.82) is 5.41 Å². The standard InChI is InChI=1S/C14H16N6/c1-19-8-9-20(12-5-3-2-4-11(12)19)14-10(13(15)16)6-7-17-18-14/h2-7H,8-9H2,1H3,(H3,15,16). The Morgan fingerprint density at radius 1 is 1.20 bits per heavy atom. The van der Waals surface area contributed by atoms with Gasteiger partial charge in [-0.3, -0.25) is 5.41 Å². The highest BCUT2D eigenvalue weighted by atomic mass is 15.3. The molecular weight excluding hydrogens is 252 g/mol. The number of hydrogen-bond donors (Lipinski definition) is 2. The van der Waals surface area contributed by atoms with Gasteiger partial charge in [-0.05, 0) is 18.2 Å². The van der Waals surface area contributed by atoms with Crippen molar-refractivity contribution in [3.8, 4) is 0 Å². The third-order valence-corrected chi connectivity index (χ3v) is 3.49. The van der Waals surface area contributed by atoms with E-state index in [0.717, 1.165) is 24.5 Å². The second-order valence-electron chi connectivity index (χ2n) is 4.74. The first-order valence-corrected chi connectivity index (χ1v) is 6.42. The number of rotatable bonds is 2. The Bertz CT molecular complexity index is 654. The first-order chi connectivity index (χ1) is 9.68. The Hall–Kier alpha value is -2.63. The van der Waals surface area contributed by atoms with Crippen LogP contribution in [0.5, 0.6) is 0 Å². The summed E-state index contributed by atoms with van der Waals surface area (Å²) in [5.74, 6) is 0.645. The van der Waals surface area contributed by atoms with Crippen molar-refractivity contribution in [1.82, 2.24) is 10.2 Å². The lowest BCUT2D eigenvalue weighted by Gasteiger charge is -2.36. The number of hydrogen-bond acceptors (Lipinski definition) is 5. The van der Waals surface area contributed by atoms with Crippen LogP contribution in [0.15, 0.2) is 36.5 Å². The highest BCUT2D eigenvalue weighted by molar-refractivity contribution is 6.00. The number of fused-ring (bicyclic) bond motifs is 1. The minimum atomic E-state index is 0.00584. The van der Waals surface area contributed by atoms with Gasteiger partial charge in [-0.1, -0.05) is 12.1 Å². The van der Waals surface area contributed by atoms with Crippen LogP contribution in [0, 0.1) is 5.41 Å². The molecule has 0 aliphatic carbocycles. The van der Waals surface area contributed by atoms with Crippen LogP contribution in [0.4, 0.5) is 17.2 Å². The van der Waals surface area contributed by atoms with Crippen LogP contribution in [0.25, 0.3) is 0 Å². The highest BCUT2D eigenvalue weighted by Crippen LogP contribution is 2.36. The Morgan fingerprint density at radius 2 is 1.95 bits per heavy atom. The van der Waals surface area contributed by atoms with E-state index < -0.39 is 0 Å². The summed E-state index contributed by atoms with van der Waals surface area (Å²) in [6.07, 6.45) is 1.56. The van der Waals surface area contributed by atoms with Crippen LogP contribution in [0.3, 0.4) is 0 Å². The van der Waals surface area contributed by atoms with E-state index in [2.05, 4.69) is 33.1 Å². The average molecular weight is 268 g/mol. The van der Waals surface area contributed by atoms with Crippen LogP contribution < -0.4 is 15.5 Å². The molecule has 0 fully saturated rings. The van der Waals surface area contributed by atoms with Gasteiger partial charge in [0.1, 0.15) is 5.84 Å². The van der Waals surface area contributed by atoms with Gasteiger partial charge in [-0.25, -0.2) is 0 Å². The molecule has 2 aromatic rings. The summed E-state index contributed by atoms with van der Waals surface area (Å²) in [4.78, 5) is 4.27. The summed E-state index contributed by atoms with van der Waals surface area (Å²) in [5.41, 5.74) is 8.45. The zero-order valence-corrected chi connectivity index (χ0v) is 11.2. The predicted molar refractivity (Wildman–Crippen MR) is 79.8 cm³/mol. The fraction of sp³-hybridized carbons (Fsp3) is 0.214. The Balaban J connectivity index is 2.13. The van der Waals surface area contributed by atoms with Gasteiger partial charge in [0.15, 0.2) is 5.82 Å². The molecule has 20 heavy (non-hydrogen) atoms. The second kappa shape index (κ2) is 4.80. The number of nitrogens with two attached hydrogens (primary N) is 1. The highest BCUT2D eigenvalue weighted by Gasteiger charge is 2.24. The van der Waals surface area contributed by atoms with E-state index in [9.17, 15) is 0 Å². The minimum absolute atomic E-state index is 0.00584. The molecule has 102 valence electrons. The molecule has 1 aliphatic heterocycles. The zero-order valence-electron chi connectivity index (χ0n) is 11.2. The molecule has 0 bridgehead atoms. The molecule has 0 saturated carbocycles. The molecule has 0 saturated heterocycles. The lowest BCUT2D eigenvalue weighted by molar-refractivity contribution is 0.802. The molecule has 3 rings (SSSR count). The first kappa shape index (κ1) is 12.4. The van der Waals surface area contributed by atoms with E-state index in [1.807, 2.05) is 18.2 Å². The smallest absolute Gasteiger partial charge is 0.166 e. The van der Waals surface area contributed by atoms with E-state index in [1.165, 1.54) is 0 Å². The average Bonchev–Trinajstić information content (AvgIpc) is 2.48. The molecule has 0 radical (unpaired) electrons. The molecule has 1 aromatic carbocycles. The molecule has 2 heterocycles. The molecule has 0 unspecified atom stereocenters. The Morgan fingerprint density at radius 3 is 2.70 bits per heavy atom. The molecule has 0 amide bonds. The summed E-state index contributed by atoms with van der Waals surface area (Å²) in [6.45, 7) is 1.66. The number of amidine groups is 1. The van der Waals surface area contributed by atoms with E-state index in [4.69, 9.17) is 11.1 Å². The topological polar surface area (TPSA) is 82.1 Å². The van der Waals surface area contributed by atoms with Gasteiger partial charge in [-0.15, -0.1) is 5.10 Å². The summed E-state index contributed by atoms with van der Waals surface area (Å²) in [6, 6.07) is 9.86. The van der Waals surface area contributed by atoms with E-state index >= 15 is 0 Å². The number of nitrogens with one attached hydrogen (secondary N) is 1. The van der Waals surface area contributed by atoms with Crippen LogP contribution in [-0.4, -0.2) is 36.2 Å². The number of aromatic nitrogens is 2. The maximum atomic E-state index is 7.69. The number of para-hydroxylation sites is 2. The third kappa shape index (κ3) is 1.95. The third-order valence-electron chi connectivity index (χ3n) is 3.49. The van der Waals surface area contributed by atoms with Gasteiger partial charge in [0.2, 0.25) is 0 Å². The fourth-order valence-corrected chi connectivity index (χ4v) is 2.46.